The molecule has 0 unspecified atom stereocenters. The second-order valence-electron chi connectivity index (χ2n) is 5.35. The Labute approximate surface area is 174 Å². The van der Waals surface area contributed by atoms with Gasteiger partial charge in [-0.15, -0.1) is 10.2 Å². The molecule has 0 spiro atoms. The number of thiocarbonyl (C=S) groups is 1. The average Bonchev–Trinajstić information content (AvgIpc) is 3.19. The maximum absolute atomic E-state index is 12.6. The second-order valence-corrected chi connectivity index (χ2v) is 9.51. The molecule has 2 heterocycles. The second kappa shape index (κ2) is 9.45. The molecule has 1 fully saturated rings. The van der Waals surface area contributed by atoms with Gasteiger partial charge in [0.05, 0.1) is 4.91 Å². The van der Waals surface area contributed by atoms with Crippen molar-refractivity contribution in [2.75, 3.05) is 17.6 Å². The van der Waals surface area contributed by atoms with E-state index in [-0.39, 0.29) is 24.8 Å². The van der Waals surface area contributed by atoms with Crippen LogP contribution in [0.15, 0.2) is 39.6 Å². The van der Waals surface area contributed by atoms with Gasteiger partial charge in [0.2, 0.25) is 11.0 Å². The molecule has 27 heavy (non-hydrogen) atoms. The van der Waals surface area contributed by atoms with Crippen LogP contribution >= 0.6 is 47.1 Å². The number of rotatable bonds is 7. The van der Waals surface area contributed by atoms with Crippen LogP contribution < -0.4 is 5.32 Å². The fourth-order valence-electron chi connectivity index (χ4n) is 2.23. The highest BCUT2D eigenvalue weighted by atomic mass is 32.2. The number of thioether (sulfide) groups is 2. The van der Waals surface area contributed by atoms with Crippen molar-refractivity contribution in [2.45, 2.75) is 17.7 Å². The summed E-state index contributed by atoms with van der Waals surface area (Å²) in [5.74, 6) is 0.507. The number of nitrogens with zero attached hydrogens (tertiary/aromatic N) is 3. The number of hydrogen-bond donors (Lipinski definition) is 1. The van der Waals surface area contributed by atoms with E-state index in [0.29, 0.717) is 14.4 Å². The minimum atomic E-state index is -0.222. The topological polar surface area (TPSA) is 75.2 Å². The normalized spacial score (nSPS) is 15.6. The lowest BCUT2D eigenvalue weighted by Gasteiger charge is -2.13. The summed E-state index contributed by atoms with van der Waals surface area (Å²) < 4.78 is 1.28. The summed E-state index contributed by atoms with van der Waals surface area (Å²) in [6, 6.07) is 9.59. The Morgan fingerprint density at radius 1 is 1.33 bits per heavy atom. The van der Waals surface area contributed by atoms with E-state index in [4.69, 9.17) is 12.2 Å². The molecule has 0 bridgehead atoms. The fourth-order valence-corrected chi connectivity index (χ4v) is 5.20. The van der Waals surface area contributed by atoms with Crippen molar-refractivity contribution in [3.63, 3.8) is 0 Å². The molecule has 0 radical (unpaired) electrons. The summed E-state index contributed by atoms with van der Waals surface area (Å²) in [6.45, 7) is 2.26. The first-order valence-electron chi connectivity index (χ1n) is 8.13. The Hall–Kier alpha value is -1.75. The summed E-state index contributed by atoms with van der Waals surface area (Å²) in [6.07, 6.45) is 1.95. The van der Waals surface area contributed by atoms with Crippen molar-refractivity contribution < 1.29 is 9.59 Å². The van der Waals surface area contributed by atoms with Crippen LogP contribution in [0.1, 0.15) is 18.9 Å². The molecule has 0 atom stereocenters. The number of aromatic nitrogens is 2. The van der Waals surface area contributed by atoms with Gasteiger partial charge in [-0.2, -0.15) is 0 Å². The molecular formula is C17H16N4O2S4. The monoisotopic (exact) mass is 436 g/mol. The Balaban J connectivity index is 1.55. The van der Waals surface area contributed by atoms with Crippen molar-refractivity contribution in [3.05, 3.63) is 40.8 Å². The van der Waals surface area contributed by atoms with E-state index in [0.717, 1.165) is 15.7 Å². The number of hydrogen-bond acceptors (Lipinski definition) is 8. The number of nitrogens with one attached hydrogen (secondary N) is 1. The Morgan fingerprint density at radius 2 is 2.11 bits per heavy atom. The predicted molar refractivity (Wildman–Crippen MR) is 116 cm³/mol. The maximum Gasteiger partial charge on any atom is 0.266 e. The fraction of sp³-hybridized carbons (Fsp3) is 0.235. The number of carbonyl (C=O) groups excluding carboxylic acids is 2. The van der Waals surface area contributed by atoms with Crippen LogP contribution in [0.25, 0.3) is 6.08 Å². The van der Waals surface area contributed by atoms with Gasteiger partial charge >= 0.3 is 0 Å². The molecule has 2 amide bonds. The summed E-state index contributed by atoms with van der Waals surface area (Å²) in [5, 5.41) is 11.1. The Kier molecular flexibility index (Phi) is 7.00. The van der Waals surface area contributed by atoms with E-state index >= 15 is 0 Å². The SMILES string of the molecule is CCSc1nnc(NC(=O)CCN2C(=O)/C(=C/c3ccccc3)SC2=S)s1. The minimum Gasteiger partial charge on any atom is -0.300 e. The van der Waals surface area contributed by atoms with Gasteiger partial charge in [-0.3, -0.25) is 14.5 Å². The molecule has 1 saturated heterocycles. The van der Waals surface area contributed by atoms with Crippen LogP contribution in [0, 0.1) is 0 Å². The van der Waals surface area contributed by atoms with Gasteiger partial charge in [0.15, 0.2) is 4.34 Å². The Morgan fingerprint density at radius 3 is 2.85 bits per heavy atom. The largest absolute Gasteiger partial charge is 0.300 e. The maximum atomic E-state index is 12.6. The minimum absolute atomic E-state index is 0.140. The summed E-state index contributed by atoms with van der Waals surface area (Å²) in [7, 11) is 0. The molecule has 1 N–H and O–H groups in total. The number of benzene rings is 1. The van der Waals surface area contributed by atoms with E-state index in [1.807, 2.05) is 43.3 Å². The van der Waals surface area contributed by atoms with Crippen LogP contribution in [0.4, 0.5) is 5.13 Å². The number of amides is 2. The summed E-state index contributed by atoms with van der Waals surface area (Å²) >= 11 is 9.46. The molecule has 1 aliphatic heterocycles. The van der Waals surface area contributed by atoms with Crippen molar-refractivity contribution >= 4 is 74.4 Å². The van der Waals surface area contributed by atoms with Gasteiger partial charge in [-0.1, -0.05) is 84.3 Å². The average molecular weight is 437 g/mol. The predicted octanol–water partition coefficient (Wildman–Crippen LogP) is 3.88. The van der Waals surface area contributed by atoms with Crippen LogP contribution in [0.5, 0.6) is 0 Å². The van der Waals surface area contributed by atoms with Crippen LogP contribution in [-0.4, -0.2) is 43.5 Å². The van der Waals surface area contributed by atoms with Crippen LogP contribution in [-0.2, 0) is 9.59 Å². The van der Waals surface area contributed by atoms with Gasteiger partial charge in [-0.05, 0) is 17.4 Å². The summed E-state index contributed by atoms with van der Waals surface area (Å²) in [5.41, 5.74) is 0.938. The van der Waals surface area contributed by atoms with Gasteiger partial charge in [0, 0.05) is 13.0 Å². The lowest BCUT2D eigenvalue weighted by Crippen LogP contribution is -2.31. The van der Waals surface area contributed by atoms with Gasteiger partial charge in [0.1, 0.15) is 4.32 Å². The van der Waals surface area contributed by atoms with Crippen LogP contribution in [0.3, 0.4) is 0 Å². The van der Waals surface area contributed by atoms with Crippen molar-refractivity contribution in [1.82, 2.24) is 15.1 Å². The first-order valence-corrected chi connectivity index (χ1v) is 11.2. The lowest BCUT2D eigenvalue weighted by atomic mass is 10.2. The molecule has 1 aliphatic rings. The quantitative estimate of drug-likeness (QED) is 0.305. The molecule has 0 saturated carbocycles. The number of carbonyl (C=O) groups is 2. The number of anilines is 1. The third-order valence-corrected chi connectivity index (χ3v) is 6.69. The van der Waals surface area contributed by atoms with E-state index in [1.54, 1.807) is 11.8 Å². The molecule has 2 aromatic rings. The lowest BCUT2D eigenvalue weighted by molar-refractivity contribution is -0.122. The Bertz CT molecular complexity index is 882. The zero-order chi connectivity index (χ0) is 19.2. The highest BCUT2D eigenvalue weighted by Gasteiger charge is 2.32. The zero-order valence-corrected chi connectivity index (χ0v) is 17.6. The molecule has 10 heteroatoms. The molecule has 6 nitrogen and oxygen atoms in total. The molecule has 140 valence electrons. The van der Waals surface area contributed by atoms with Crippen molar-refractivity contribution in [2.24, 2.45) is 0 Å². The van der Waals surface area contributed by atoms with Gasteiger partial charge in [0.25, 0.3) is 5.91 Å². The van der Waals surface area contributed by atoms with E-state index in [9.17, 15) is 9.59 Å². The first-order chi connectivity index (χ1) is 13.1. The highest BCUT2D eigenvalue weighted by molar-refractivity contribution is 8.26. The van der Waals surface area contributed by atoms with Crippen LogP contribution in [0.2, 0.25) is 0 Å². The molecule has 1 aromatic carbocycles. The van der Waals surface area contributed by atoms with E-state index in [1.165, 1.54) is 28.0 Å². The molecule has 3 rings (SSSR count). The molecule has 0 aliphatic carbocycles. The summed E-state index contributed by atoms with van der Waals surface area (Å²) in [4.78, 5) is 26.7. The smallest absolute Gasteiger partial charge is 0.266 e. The highest BCUT2D eigenvalue weighted by Crippen LogP contribution is 2.32. The van der Waals surface area contributed by atoms with E-state index in [2.05, 4.69) is 15.5 Å². The third-order valence-electron chi connectivity index (χ3n) is 3.45. The van der Waals surface area contributed by atoms with Gasteiger partial charge in [-0.25, -0.2) is 0 Å². The van der Waals surface area contributed by atoms with E-state index < -0.39 is 0 Å². The van der Waals surface area contributed by atoms with Crippen molar-refractivity contribution in [1.29, 1.82) is 0 Å². The molecular weight excluding hydrogens is 420 g/mol. The first kappa shape index (κ1) is 20.0. The van der Waals surface area contributed by atoms with Crippen molar-refractivity contribution in [3.8, 4) is 0 Å². The third kappa shape index (κ3) is 5.38. The zero-order valence-electron chi connectivity index (χ0n) is 14.4. The molecule has 1 aromatic heterocycles. The van der Waals surface area contributed by atoms with Gasteiger partial charge < -0.3 is 5.32 Å². The standard InChI is InChI=1S/C17H16N4O2S4/c1-2-25-16-20-19-15(27-16)18-13(22)8-9-21-14(23)12(26-17(21)24)10-11-6-4-3-5-7-11/h3-7,10H,2,8-9H2,1H3,(H,18,19,22)/b12-10-.